The number of aromatic nitrogens is 4. The van der Waals surface area contributed by atoms with Gasteiger partial charge >= 0.3 is 0 Å². The van der Waals surface area contributed by atoms with Gasteiger partial charge in [0.05, 0.1) is 24.6 Å². The highest BCUT2D eigenvalue weighted by Crippen LogP contribution is 2.52. The second-order valence-corrected chi connectivity index (χ2v) is 23.4. The Labute approximate surface area is 222 Å². The van der Waals surface area contributed by atoms with Gasteiger partial charge in [0.15, 0.2) is 27.4 Å². The second-order valence-electron chi connectivity index (χ2n) is 13.5. The van der Waals surface area contributed by atoms with E-state index in [0.717, 1.165) is 18.4 Å². The summed E-state index contributed by atoms with van der Waals surface area (Å²) in [7, 11) is -4.24. The lowest BCUT2D eigenvalue weighted by Gasteiger charge is -2.45. The predicted molar refractivity (Wildman–Crippen MR) is 150 cm³/mol. The van der Waals surface area contributed by atoms with Crippen molar-refractivity contribution in [3.05, 3.63) is 29.5 Å². The number of hydrogen-bond donors (Lipinski definition) is 1. The minimum Gasteiger partial charge on any atom is -0.413 e. The molecule has 0 radical (unpaired) electrons. The van der Waals surface area contributed by atoms with Crippen LogP contribution in [0.2, 0.25) is 41.4 Å². The Balaban J connectivity index is 1.81. The number of allylic oxidation sites excluding steroid dienone is 1. The number of imidazole rings is 1. The highest BCUT2D eigenvalue weighted by molar-refractivity contribution is 6.74. The van der Waals surface area contributed by atoms with Gasteiger partial charge in [-0.1, -0.05) is 59.2 Å². The van der Waals surface area contributed by atoms with Crippen LogP contribution in [0.3, 0.4) is 0 Å². The van der Waals surface area contributed by atoms with Crippen LogP contribution >= 0.6 is 11.6 Å². The van der Waals surface area contributed by atoms with Gasteiger partial charge in [-0.15, -0.1) is 0 Å². The zero-order valence-electron chi connectivity index (χ0n) is 23.5. The van der Waals surface area contributed by atoms with Crippen LogP contribution in [-0.2, 0) is 8.85 Å². The van der Waals surface area contributed by atoms with Crippen molar-refractivity contribution in [1.82, 2.24) is 19.5 Å². The Hall–Kier alpha value is -1.11. The molecule has 0 bridgehead atoms. The van der Waals surface area contributed by atoms with E-state index in [2.05, 4.69) is 88.8 Å². The van der Waals surface area contributed by atoms with Gasteiger partial charge in [0, 0.05) is 5.92 Å². The summed E-state index contributed by atoms with van der Waals surface area (Å²) in [6.07, 6.45) is 6.16. The lowest BCUT2D eigenvalue weighted by atomic mass is 9.85. The molecule has 2 aromatic rings. The Bertz CT molecular complexity index is 1150. The maximum Gasteiger partial charge on any atom is 0.192 e. The molecule has 2 unspecified atom stereocenters. The van der Waals surface area contributed by atoms with Crippen molar-refractivity contribution in [2.24, 2.45) is 5.92 Å². The molecule has 1 N–H and O–H groups in total. The van der Waals surface area contributed by atoms with Crippen molar-refractivity contribution in [2.75, 3.05) is 0 Å². The lowest BCUT2D eigenvalue weighted by Crippen LogP contribution is -2.52. The third-order valence-corrected chi connectivity index (χ3v) is 18.3. The van der Waals surface area contributed by atoms with E-state index in [4.69, 9.17) is 20.5 Å². The summed E-state index contributed by atoms with van der Waals surface area (Å²) in [5.41, 5.74) is 2.33. The summed E-state index contributed by atoms with van der Waals surface area (Å²) >= 11 is 6.32. The summed E-state index contributed by atoms with van der Waals surface area (Å²) in [6, 6.07) is -0.341. The molecule has 2 aliphatic carbocycles. The minimum atomic E-state index is -2.19. The van der Waals surface area contributed by atoms with Gasteiger partial charge in [-0.25, -0.2) is 15.0 Å². The number of aliphatic hydroxyl groups is 1. The van der Waals surface area contributed by atoms with Crippen LogP contribution < -0.4 is 0 Å². The number of aliphatic hydroxyl groups excluding tert-OH is 1. The molecule has 10 heteroatoms. The van der Waals surface area contributed by atoms with Crippen LogP contribution in [0.5, 0.6) is 0 Å². The highest BCUT2D eigenvalue weighted by Gasteiger charge is 2.56. The minimum absolute atomic E-state index is 0.00619. The molecule has 36 heavy (non-hydrogen) atoms. The molecule has 1 saturated carbocycles. The Morgan fingerprint density at radius 1 is 0.972 bits per heavy atom. The van der Waals surface area contributed by atoms with Crippen LogP contribution in [-0.4, -0.2) is 59.6 Å². The van der Waals surface area contributed by atoms with Crippen LogP contribution in [0.15, 0.2) is 24.3 Å². The van der Waals surface area contributed by atoms with E-state index in [-0.39, 0.29) is 34.2 Å². The molecule has 1 fully saturated rings. The van der Waals surface area contributed by atoms with Crippen LogP contribution in [0.4, 0.5) is 0 Å². The number of hydrogen-bond acceptors (Lipinski definition) is 6. The summed E-state index contributed by atoms with van der Waals surface area (Å²) in [5.74, 6) is -0.0308. The van der Waals surface area contributed by atoms with Crippen molar-refractivity contribution < 1.29 is 14.0 Å². The van der Waals surface area contributed by atoms with E-state index in [1.807, 2.05) is 4.57 Å². The summed E-state index contributed by atoms with van der Waals surface area (Å²) in [6.45, 7) is 22.6. The Kier molecular flexibility index (Phi) is 7.19. The molecular formula is C26H43ClN4O3Si2. The first kappa shape index (κ1) is 27.9. The van der Waals surface area contributed by atoms with Gasteiger partial charge in [-0.05, 0) is 54.7 Å². The fourth-order valence-electron chi connectivity index (χ4n) is 4.95. The van der Waals surface area contributed by atoms with Gasteiger partial charge in [-0.2, -0.15) is 0 Å². The number of nitrogens with zero attached hydrogens (tertiary/aromatic N) is 4. The molecule has 2 aromatic heterocycles. The summed E-state index contributed by atoms with van der Waals surface area (Å²) < 4.78 is 16.0. The van der Waals surface area contributed by atoms with Crippen molar-refractivity contribution in [3.63, 3.8) is 0 Å². The molecule has 0 amide bonds. The fourth-order valence-corrected chi connectivity index (χ4v) is 7.82. The molecule has 0 aliphatic heterocycles. The molecule has 0 aromatic carbocycles. The third-order valence-electron chi connectivity index (χ3n) is 9.08. The molecule has 5 atom stereocenters. The first-order valence-electron chi connectivity index (χ1n) is 13.0. The van der Waals surface area contributed by atoms with E-state index < -0.39 is 22.7 Å². The van der Waals surface area contributed by atoms with Crippen molar-refractivity contribution in [2.45, 2.75) is 115 Å². The maximum absolute atomic E-state index is 12.0. The van der Waals surface area contributed by atoms with Crippen molar-refractivity contribution >= 4 is 39.4 Å². The Morgan fingerprint density at radius 2 is 1.58 bits per heavy atom. The van der Waals surface area contributed by atoms with Gasteiger partial charge in [-0.3, -0.25) is 0 Å². The second kappa shape index (κ2) is 9.27. The van der Waals surface area contributed by atoms with Gasteiger partial charge < -0.3 is 18.5 Å². The number of rotatable bonds is 5. The molecule has 0 saturated heterocycles. The van der Waals surface area contributed by atoms with Gasteiger partial charge in [0.1, 0.15) is 17.9 Å². The number of halogens is 1. The lowest BCUT2D eigenvalue weighted by molar-refractivity contribution is -0.0152. The molecule has 200 valence electrons. The zero-order chi connectivity index (χ0) is 26.8. The largest absolute Gasteiger partial charge is 0.413 e. The first-order valence-corrected chi connectivity index (χ1v) is 19.2. The molecule has 0 spiro atoms. The zero-order valence-corrected chi connectivity index (χ0v) is 26.2. The van der Waals surface area contributed by atoms with E-state index >= 15 is 0 Å². The molecular weight excluding hydrogens is 508 g/mol. The molecule has 2 heterocycles. The van der Waals surface area contributed by atoms with Crippen molar-refractivity contribution in [1.29, 1.82) is 0 Å². The first-order chi connectivity index (χ1) is 16.5. The predicted octanol–water partition coefficient (Wildman–Crippen LogP) is 6.51. The van der Waals surface area contributed by atoms with E-state index in [1.54, 1.807) is 6.33 Å². The summed E-state index contributed by atoms with van der Waals surface area (Å²) in [4.78, 5) is 13.1. The normalized spacial score (nSPS) is 27.9. The molecule has 7 nitrogen and oxygen atoms in total. The standard InChI is InChI=1S/C26H43ClN4O3Si2/c1-25(2,3)35(7,8)33-17-13-11-12-16-18(17)22(34-36(9,10)26(4,5)6)21(32)20(16)31-15-30-19-23(27)28-14-29-24(19)31/h12,14-15,17-18,20-22,32H,11,13H2,1-10H3/t17?,18-,20-,21+,22?/m1/s1. The average Bonchev–Trinajstić information content (AvgIpc) is 3.26. The fraction of sp³-hybridized carbons (Fsp3) is 0.731. The van der Waals surface area contributed by atoms with Crippen molar-refractivity contribution in [3.8, 4) is 0 Å². The number of fused-ring (bicyclic) bond motifs is 2. The average molecular weight is 551 g/mol. The highest BCUT2D eigenvalue weighted by atomic mass is 35.5. The van der Waals surface area contributed by atoms with Gasteiger partial charge in [0.2, 0.25) is 0 Å². The SMILES string of the molecule is CC(C)(C)[Si](C)(C)OC1CCC=C2[C@H]1C(O[Si](C)(C)C(C)(C)C)[C@@H](O)[C@@H]2n1cnc2c(Cl)ncnc21. The van der Waals surface area contributed by atoms with E-state index in [1.165, 1.54) is 6.33 Å². The molecule has 4 rings (SSSR count). The quantitative estimate of drug-likeness (QED) is 0.259. The third kappa shape index (κ3) is 4.75. The molecule has 2 aliphatic rings. The van der Waals surface area contributed by atoms with Crippen LogP contribution in [0.1, 0.15) is 60.4 Å². The van der Waals surface area contributed by atoms with Crippen LogP contribution in [0, 0.1) is 5.92 Å². The maximum atomic E-state index is 12.0. The van der Waals surface area contributed by atoms with Crippen LogP contribution in [0.25, 0.3) is 11.2 Å². The summed E-state index contributed by atoms with van der Waals surface area (Å²) in [5, 5.41) is 12.4. The topological polar surface area (TPSA) is 82.3 Å². The monoisotopic (exact) mass is 550 g/mol. The smallest absolute Gasteiger partial charge is 0.192 e. The van der Waals surface area contributed by atoms with E-state index in [0.29, 0.717) is 16.3 Å². The van der Waals surface area contributed by atoms with Gasteiger partial charge in [0.25, 0.3) is 0 Å². The Morgan fingerprint density at radius 3 is 2.19 bits per heavy atom. The van der Waals surface area contributed by atoms with E-state index in [9.17, 15) is 5.11 Å².